The minimum absolute atomic E-state index is 0.0651. The molecule has 6 nitrogen and oxygen atoms in total. The van der Waals surface area contributed by atoms with Crippen LogP contribution in [0.15, 0.2) is 30.6 Å². The van der Waals surface area contributed by atoms with Gasteiger partial charge in [0.1, 0.15) is 17.8 Å². The van der Waals surface area contributed by atoms with E-state index in [0.29, 0.717) is 5.88 Å². The molecule has 0 bridgehead atoms. The zero-order chi connectivity index (χ0) is 15.8. The summed E-state index contributed by atoms with van der Waals surface area (Å²) in [7, 11) is 0. The Morgan fingerprint density at radius 1 is 1.30 bits per heavy atom. The van der Waals surface area contributed by atoms with Gasteiger partial charge in [-0.2, -0.15) is 0 Å². The van der Waals surface area contributed by atoms with Crippen molar-refractivity contribution in [1.29, 1.82) is 0 Å². The molecule has 0 N–H and O–H groups in total. The van der Waals surface area contributed by atoms with E-state index in [4.69, 9.17) is 4.74 Å². The van der Waals surface area contributed by atoms with Crippen molar-refractivity contribution in [2.24, 2.45) is 0 Å². The molecule has 0 unspecified atom stereocenters. The molecule has 0 radical (unpaired) electrons. The van der Waals surface area contributed by atoms with Crippen LogP contribution in [0.3, 0.4) is 0 Å². The minimum atomic E-state index is -0.405. The van der Waals surface area contributed by atoms with Crippen LogP contribution >= 0.6 is 11.3 Å². The number of rotatable bonds is 4. The second-order valence-corrected chi connectivity index (χ2v) is 6.52. The number of fused-ring (bicyclic) bond motifs is 3. The maximum Gasteiger partial charge on any atom is 0.269 e. The summed E-state index contributed by atoms with van der Waals surface area (Å²) in [4.78, 5) is 21.4. The molecular weight excluding hydrogens is 314 g/mol. The topological polar surface area (TPSA) is 78.2 Å². The van der Waals surface area contributed by atoms with Gasteiger partial charge in [0.2, 0.25) is 5.88 Å². The molecule has 0 aliphatic heterocycles. The largest absolute Gasteiger partial charge is 0.472 e. The normalized spacial score (nSPS) is 13.2. The average Bonchev–Trinajstić information content (AvgIpc) is 3.13. The Bertz CT molecular complexity index is 907. The van der Waals surface area contributed by atoms with Gasteiger partial charge in [-0.05, 0) is 30.4 Å². The second-order valence-electron chi connectivity index (χ2n) is 5.43. The van der Waals surface area contributed by atoms with Gasteiger partial charge >= 0.3 is 0 Å². The summed E-state index contributed by atoms with van der Waals surface area (Å²) in [5, 5.41) is 11.9. The molecule has 1 aliphatic rings. The number of aryl methyl sites for hydroxylation is 2. The lowest BCUT2D eigenvalue weighted by Gasteiger charge is -2.07. The van der Waals surface area contributed by atoms with Gasteiger partial charge in [0.15, 0.2) is 0 Å². The number of aromatic nitrogens is 2. The number of non-ortho nitro benzene ring substituents is 1. The van der Waals surface area contributed by atoms with E-state index in [1.54, 1.807) is 17.4 Å². The van der Waals surface area contributed by atoms with Gasteiger partial charge < -0.3 is 4.74 Å². The van der Waals surface area contributed by atoms with E-state index in [9.17, 15) is 10.1 Å². The number of thiophene rings is 1. The van der Waals surface area contributed by atoms with E-state index >= 15 is 0 Å². The number of ether oxygens (including phenoxy) is 1. The fourth-order valence-corrected chi connectivity index (χ4v) is 4.14. The molecule has 0 saturated carbocycles. The summed E-state index contributed by atoms with van der Waals surface area (Å²) in [5.74, 6) is 0.570. The fraction of sp³-hybridized carbons (Fsp3) is 0.250. The van der Waals surface area contributed by atoms with E-state index in [1.165, 1.54) is 28.9 Å². The summed E-state index contributed by atoms with van der Waals surface area (Å²) >= 11 is 1.71. The van der Waals surface area contributed by atoms with Crippen LogP contribution in [-0.2, 0) is 19.4 Å². The molecule has 0 spiro atoms. The highest BCUT2D eigenvalue weighted by Gasteiger charge is 2.21. The number of benzene rings is 1. The molecule has 1 aromatic carbocycles. The van der Waals surface area contributed by atoms with Gasteiger partial charge in [0.05, 0.1) is 10.3 Å². The summed E-state index contributed by atoms with van der Waals surface area (Å²) < 4.78 is 5.86. The van der Waals surface area contributed by atoms with Crippen LogP contribution in [0, 0.1) is 10.1 Å². The van der Waals surface area contributed by atoms with E-state index in [2.05, 4.69) is 9.97 Å². The summed E-state index contributed by atoms with van der Waals surface area (Å²) in [6.45, 7) is 0.248. The molecule has 0 saturated heterocycles. The Labute approximate surface area is 135 Å². The van der Waals surface area contributed by atoms with Crippen LogP contribution < -0.4 is 4.74 Å². The first kappa shape index (κ1) is 14.1. The van der Waals surface area contributed by atoms with Crippen molar-refractivity contribution in [1.82, 2.24) is 9.97 Å². The molecule has 2 aromatic heterocycles. The van der Waals surface area contributed by atoms with Gasteiger partial charge in [0, 0.05) is 17.0 Å². The van der Waals surface area contributed by atoms with Gasteiger partial charge in [-0.15, -0.1) is 11.3 Å². The molecule has 3 aromatic rings. The first-order valence-corrected chi connectivity index (χ1v) is 8.15. The van der Waals surface area contributed by atoms with Gasteiger partial charge in [-0.25, -0.2) is 9.97 Å². The second kappa shape index (κ2) is 5.58. The lowest BCUT2D eigenvalue weighted by atomic mass is 10.2. The lowest BCUT2D eigenvalue weighted by Crippen LogP contribution is -1.99. The molecular formula is C16H13N3O3S. The molecule has 0 atom stereocenters. The Morgan fingerprint density at radius 3 is 3.09 bits per heavy atom. The predicted octanol–water partition coefficient (Wildman–Crippen LogP) is 3.67. The lowest BCUT2D eigenvalue weighted by molar-refractivity contribution is -0.384. The molecule has 2 heterocycles. The SMILES string of the molecule is O=[N+]([O-])c1cccc(COc2ncnc3sc4c(c23)CCC4)c1. The number of nitro benzene ring substituents is 1. The Hall–Kier alpha value is -2.54. The maximum absolute atomic E-state index is 10.8. The van der Waals surface area contributed by atoms with Crippen molar-refractivity contribution in [2.45, 2.75) is 25.9 Å². The highest BCUT2D eigenvalue weighted by molar-refractivity contribution is 7.18. The third-order valence-corrected chi connectivity index (χ3v) is 5.16. The zero-order valence-corrected chi connectivity index (χ0v) is 13.0. The number of nitrogens with zero attached hydrogens (tertiary/aromatic N) is 3. The first-order chi connectivity index (χ1) is 11.2. The van der Waals surface area contributed by atoms with Crippen molar-refractivity contribution >= 4 is 27.2 Å². The Morgan fingerprint density at radius 2 is 2.22 bits per heavy atom. The van der Waals surface area contributed by atoms with Crippen LogP contribution in [-0.4, -0.2) is 14.9 Å². The summed E-state index contributed by atoms with van der Waals surface area (Å²) in [6, 6.07) is 6.46. The molecule has 0 amide bonds. The van der Waals surface area contributed by atoms with Crippen molar-refractivity contribution < 1.29 is 9.66 Å². The van der Waals surface area contributed by atoms with Crippen LogP contribution in [0.1, 0.15) is 22.4 Å². The van der Waals surface area contributed by atoms with Gasteiger partial charge in [0.25, 0.3) is 5.69 Å². The Kier molecular flexibility index (Phi) is 3.42. The molecule has 0 fully saturated rings. The van der Waals surface area contributed by atoms with E-state index in [0.717, 1.165) is 35.0 Å². The highest BCUT2D eigenvalue weighted by Crippen LogP contribution is 2.39. The third-order valence-electron chi connectivity index (χ3n) is 3.96. The van der Waals surface area contributed by atoms with E-state index < -0.39 is 4.92 Å². The molecule has 7 heteroatoms. The quantitative estimate of drug-likeness (QED) is 0.539. The Balaban J connectivity index is 1.63. The van der Waals surface area contributed by atoms with Gasteiger partial charge in [-0.3, -0.25) is 10.1 Å². The van der Waals surface area contributed by atoms with Crippen LogP contribution in [0.2, 0.25) is 0 Å². The number of nitro groups is 1. The van der Waals surface area contributed by atoms with Crippen molar-refractivity contribution in [3.8, 4) is 5.88 Å². The predicted molar refractivity (Wildman–Crippen MR) is 86.9 cm³/mol. The standard InChI is InChI=1S/C16H13N3O3S/c20-19(21)11-4-1-3-10(7-11)8-22-15-14-12-5-2-6-13(12)23-16(14)18-9-17-15/h1,3-4,7,9H,2,5-6,8H2. The summed E-state index contributed by atoms with van der Waals surface area (Å²) in [5.41, 5.74) is 2.12. The number of hydrogen-bond acceptors (Lipinski definition) is 6. The van der Waals surface area contributed by atoms with E-state index in [-0.39, 0.29) is 12.3 Å². The molecule has 116 valence electrons. The smallest absolute Gasteiger partial charge is 0.269 e. The van der Waals surface area contributed by atoms with Crippen molar-refractivity contribution in [3.05, 3.63) is 56.7 Å². The molecule has 4 rings (SSSR count). The van der Waals surface area contributed by atoms with Crippen LogP contribution in [0.4, 0.5) is 5.69 Å². The fourth-order valence-electron chi connectivity index (χ4n) is 2.92. The van der Waals surface area contributed by atoms with Crippen LogP contribution in [0.25, 0.3) is 10.2 Å². The maximum atomic E-state index is 10.8. The third kappa shape index (κ3) is 2.53. The summed E-state index contributed by atoms with van der Waals surface area (Å²) in [6.07, 6.45) is 4.81. The average molecular weight is 327 g/mol. The van der Waals surface area contributed by atoms with Crippen LogP contribution in [0.5, 0.6) is 5.88 Å². The molecule has 1 aliphatic carbocycles. The molecule has 23 heavy (non-hydrogen) atoms. The number of hydrogen-bond donors (Lipinski definition) is 0. The van der Waals surface area contributed by atoms with Crippen molar-refractivity contribution in [2.75, 3.05) is 0 Å². The highest BCUT2D eigenvalue weighted by atomic mass is 32.1. The first-order valence-electron chi connectivity index (χ1n) is 7.34. The zero-order valence-electron chi connectivity index (χ0n) is 12.2. The monoisotopic (exact) mass is 327 g/mol. The van der Waals surface area contributed by atoms with E-state index in [1.807, 2.05) is 6.07 Å². The van der Waals surface area contributed by atoms with Crippen molar-refractivity contribution in [3.63, 3.8) is 0 Å². The minimum Gasteiger partial charge on any atom is -0.472 e. The van der Waals surface area contributed by atoms with Gasteiger partial charge in [-0.1, -0.05) is 12.1 Å².